The SMILES string of the molecule is CC(=O)c1ncc(COC(=O)N2CCOCC2)[nH]1. The Morgan fingerprint density at radius 3 is 2.83 bits per heavy atom. The molecule has 1 aliphatic rings. The molecule has 0 unspecified atom stereocenters. The molecule has 1 aliphatic heterocycles. The molecule has 0 radical (unpaired) electrons. The van der Waals surface area contributed by atoms with Gasteiger partial charge in [0.2, 0.25) is 0 Å². The second kappa shape index (κ2) is 5.63. The number of ether oxygens (including phenoxy) is 2. The largest absolute Gasteiger partial charge is 0.443 e. The van der Waals surface area contributed by atoms with Crippen LogP contribution in [0.3, 0.4) is 0 Å². The number of nitrogens with one attached hydrogen (secondary N) is 1. The molecule has 1 N–H and O–H groups in total. The number of carbonyl (C=O) groups is 2. The molecule has 0 atom stereocenters. The molecule has 18 heavy (non-hydrogen) atoms. The fourth-order valence-corrected chi connectivity index (χ4v) is 1.59. The molecule has 0 bridgehead atoms. The fraction of sp³-hybridized carbons (Fsp3) is 0.545. The Morgan fingerprint density at radius 1 is 1.50 bits per heavy atom. The van der Waals surface area contributed by atoms with Crippen molar-refractivity contribution in [1.82, 2.24) is 14.9 Å². The van der Waals surface area contributed by atoms with E-state index in [1.165, 1.54) is 13.1 Å². The molecule has 0 spiro atoms. The first-order valence-corrected chi connectivity index (χ1v) is 5.71. The molecule has 2 heterocycles. The number of hydrogen-bond acceptors (Lipinski definition) is 5. The lowest BCUT2D eigenvalue weighted by Crippen LogP contribution is -2.40. The van der Waals surface area contributed by atoms with Gasteiger partial charge in [0.05, 0.1) is 25.1 Å². The highest BCUT2D eigenvalue weighted by Crippen LogP contribution is 2.04. The van der Waals surface area contributed by atoms with Crippen molar-refractivity contribution in [2.45, 2.75) is 13.5 Å². The quantitative estimate of drug-likeness (QED) is 0.796. The van der Waals surface area contributed by atoms with Crippen LogP contribution in [-0.2, 0) is 16.1 Å². The average Bonchev–Trinajstić information content (AvgIpc) is 2.86. The van der Waals surface area contributed by atoms with Gasteiger partial charge >= 0.3 is 6.09 Å². The summed E-state index contributed by atoms with van der Waals surface area (Å²) >= 11 is 0. The molecule has 1 amide bonds. The van der Waals surface area contributed by atoms with Crippen LogP contribution >= 0.6 is 0 Å². The van der Waals surface area contributed by atoms with E-state index in [1.807, 2.05) is 0 Å². The van der Waals surface area contributed by atoms with E-state index in [0.29, 0.717) is 32.0 Å². The number of rotatable bonds is 3. The number of morpholine rings is 1. The standard InChI is InChI=1S/C11H15N3O4/c1-8(15)10-12-6-9(13-10)7-18-11(16)14-2-4-17-5-3-14/h6H,2-5,7H2,1H3,(H,12,13). The number of Topliss-reactive ketones (excluding diaryl/α,β-unsaturated/α-hetero) is 1. The van der Waals surface area contributed by atoms with Crippen molar-refractivity contribution in [1.29, 1.82) is 0 Å². The second-order valence-corrected chi connectivity index (χ2v) is 3.97. The van der Waals surface area contributed by atoms with Crippen LogP contribution < -0.4 is 0 Å². The van der Waals surface area contributed by atoms with E-state index in [1.54, 1.807) is 4.90 Å². The van der Waals surface area contributed by atoms with Gasteiger partial charge in [0.1, 0.15) is 6.61 Å². The summed E-state index contributed by atoms with van der Waals surface area (Å²) in [5.41, 5.74) is 0.599. The molecule has 1 saturated heterocycles. The average molecular weight is 253 g/mol. The van der Waals surface area contributed by atoms with E-state index < -0.39 is 0 Å². The molecule has 0 saturated carbocycles. The van der Waals surface area contributed by atoms with E-state index in [9.17, 15) is 9.59 Å². The number of ketones is 1. The first-order chi connectivity index (χ1) is 8.66. The number of nitrogens with zero attached hydrogens (tertiary/aromatic N) is 2. The molecule has 7 nitrogen and oxygen atoms in total. The summed E-state index contributed by atoms with van der Waals surface area (Å²) in [5, 5.41) is 0. The summed E-state index contributed by atoms with van der Waals surface area (Å²) in [7, 11) is 0. The van der Waals surface area contributed by atoms with Gasteiger partial charge in [-0.15, -0.1) is 0 Å². The van der Waals surface area contributed by atoms with Crippen molar-refractivity contribution >= 4 is 11.9 Å². The molecular weight excluding hydrogens is 238 g/mol. The second-order valence-electron chi connectivity index (χ2n) is 3.97. The maximum atomic E-state index is 11.7. The molecule has 0 aliphatic carbocycles. The maximum absolute atomic E-state index is 11.7. The third kappa shape index (κ3) is 3.07. The summed E-state index contributed by atoms with van der Waals surface area (Å²) in [5.74, 6) is 0.119. The van der Waals surface area contributed by atoms with Crippen molar-refractivity contribution in [3.63, 3.8) is 0 Å². The zero-order valence-corrected chi connectivity index (χ0v) is 10.1. The highest BCUT2D eigenvalue weighted by Gasteiger charge is 2.18. The maximum Gasteiger partial charge on any atom is 0.410 e. The molecule has 1 aromatic rings. The first-order valence-electron chi connectivity index (χ1n) is 5.71. The lowest BCUT2D eigenvalue weighted by molar-refractivity contribution is 0.0246. The Bertz CT molecular complexity index is 437. The minimum absolute atomic E-state index is 0.0798. The highest BCUT2D eigenvalue weighted by atomic mass is 16.6. The third-order valence-electron chi connectivity index (χ3n) is 2.58. The van der Waals surface area contributed by atoms with Gasteiger partial charge in [0.25, 0.3) is 0 Å². The van der Waals surface area contributed by atoms with E-state index in [-0.39, 0.29) is 24.3 Å². The third-order valence-corrected chi connectivity index (χ3v) is 2.58. The van der Waals surface area contributed by atoms with Gasteiger partial charge in [-0.2, -0.15) is 0 Å². The lowest BCUT2D eigenvalue weighted by Gasteiger charge is -2.25. The van der Waals surface area contributed by atoms with E-state index in [4.69, 9.17) is 9.47 Å². The van der Waals surface area contributed by atoms with Crippen molar-refractivity contribution in [2.24, 2.45) is 0 Å². The number of aromatic nitrogens is 2. The minimum Gasteiger partial charge on any atom is -0.443 e. The van der Waals surface area contributed by atoms with Gasteiger partial charge < -0.3 is 19.4 Å². The number of hydrogen-bond donors (Lipinski definition) is 1. The summed E-state index contributed by atoms with van der Waals surface area (Å²) in [6, 6.07) is 0. The van der Waals surface area contributed by atoms with Crippen LogP contribution in [0.15, 0.2) is 6.20 Å². The Morgan fingerprint density at radius 2 is 2.22 bits per heavy atom. The summed E-state index contributed by atoms with van der Waals surface area (Å²) < 4.78 is 10.2. The van der Waals surface area contributed by atoms with Crippen LogP contribution in [0.5, 0.6) is 0 Å². The van der Waals surface area contributed by atoms with Gasteiger partial charge in [0.15, 0.2) is 11.6 Å². The molecule has 0 aromatic carbocycles. The highest BCUT2D eigenvalue weighted by molar-refractivity contribution is 5.90. The predicted octanol–water partition coefficient (Wildman–Crippen LogP) is 0.581. The van der Waals surface area contributed by atoms with Crippen LogP contribution in [0.25, 0.3) is 0 Å². The number of imidazole rings is 1. The van der Waals surface area contributed by atoms with E-state index in [2.05, 4.69) is 9.97 Å². The van der Waals surface area contributed by atoms with Gasteiger partial charge in [0, 0.05) is 20.0 Å². The Balaban J connectivity index is 1.82. The molecule has 2 rings (SSSR count). The van der Waals surface area contributed by atoms with E-state index >= 15 is 0 Å². The minimum atomic E-state index is -0.378. The number of carbonyl (C=O) groups excluding carboxylic acids is 2. The lowest BCUT2D eigenvalue weighted by atomic mass is 10.4. The number of amides is 1. The van der Waals surface area contributed by atoms with E-state index in [0.717, 1.165) is 0 Å². The van der Waals surface area contributed by atoms with Gasteiger partial charge in [-0.05, 0) is 0 Å². The smallest absolute Gasteiger partial charge is 0.410 e. The topological polar surface area (TPSA) is 84.5 Å². The Labute approximate surface area is 104 Å². The summed E-state index contributed by atoms with van der Waals surface area (Å²) in [6.45, 7) is 3.65. The van der Waals surface area contributed by atoms with Crippen LogP contribution in [0.2, 0.25) is 0 Å². The van der Waals surface area contributed by atoms with Crippen molar-refractivity contribution in [3.05, 3.63) is 17.7 Å². The van der Waals surface area contributed by atoms with Crippen LogP contribution in [-0.4, -0.2) is 53.0 Å². The molecular formula is C11H15N3O4. The van der Waals surface area contributed by atoms with Crippen molar-refractivity contribution < 1.29 is 19.1 Å². The Kier molecular flexibility index (Phi) is 3.93. The van der Waals surface area contributed by atoms with Crippen LogP contribution in [0.1, 0.15) is 23.2 Å². The summed E-state index contributed by atoms with van der Waals surface area (Å²) in [4.78, 5) is 30.9. The van der Waals surface area contributed by atoms with Gasteiger partial charge in [-0.25, -0.2) is 9.78 Å². The molecule has 7 heteroatoms. The van der Waals surface area contributed by atoms with Crippen molar-refractivity contribution in [3.8, 4) is 0 Å². The van der Waals surface area contributed by atoms with Crippen LogP contribution in [0, 0.1) is 0 Å². The van der Waals surface area contributed by atoms with Crippen LogP contribution in [0.4, 0.5) is 4.79 Å². The summed E-state index contributed by atoms with van der Waals surface area (Å²) in [6.07, 6.45) is 1.11. The molecule has 98 valence electrons. The zero-order valence-electron chi connectivity index (χ0n) is 10.1. The molecule has 1 fully saturated rings. The number of aromatic amines is 1. The Hall–Kier alpha value is -1.89. The molecule has 1 aromatic heterocycles. The van der Waals surface area contributed by atoms with Gasteiger partial charge in [-0.3, -0.25) is 4.79 Å². The number of H-pyrrole nitrogens is 1. The first kappa shape index (κ1) is 12.6. The monoisotopic (exact) mass is 253 g/mol. The van der Waals surface area contributed by atoms with Gasteiger partial charge in [-0.1, -0.05) is 0 Å². The predicted molar refractivity (Wildman–Crippen MR) is 61.2 cm³/mol. The normalized spacial score (nSPS) is 15.5. The fourth-order valence-electron chi connectivity index (χ4n) is 1.59. The van der Waals surface area contributed by atoms with Crippen molar-refractivity contribution in [2.75, 3.05) is 26.3 Å². The zero-order chi connectivity index (χ0) is 13.0.